The number of nitrogens with zero attached hydrogens (tertiary/aromatic N) is 4. The topological polar surface area (TPSA) is 57.7 Å². The zero-order valence-corrected chi connectivity index (χ0v) is 8.13. The van der Waals surface area contributed by atoms with Crippen LogP contribution in [0.2, 0.25) is 0 Å². The van der Waals surface area contributed by atoms with Gasteiger partial charge in [0.25, 0.3) is 0 Å². The Morgan fingerprint density at radius 2 is 2.15 bits per heavy atom. The average Bonchev–Trinajstić information content (AvgIpc) is 2.49. The number of aryl methyl sites for hydroxylation is 1. The Morgan fingerprint density at radius 3 is 2.85 bits per heavy atom. The molecule has 0 fully saturated rings. The number of rotatable bonds is 1. The van der Waals surface area contributed by atoms with Gasteiger partial charge < -0.3 is 4.98 Å². The minimum absolute atomic E-state index is 0.406. The lowest BCUT2D eigenvalue weighted by Crippen LogP contribution is -2.00. The molecular weight excluding hydrogens is 213 g/mol. The first kappa shape index (κ1) is 8.52. The molecule has 0 aliphatic carbocycles. The van der Waals surface area contributed by atoms with Gasteiger partial charge in [0.15, 0.2) is 11.5 Å². The molecule has 0 amide bonds. The zero-order valence-electron chi connectivity index (χ0n) is 6.62. The van der Waals surface area contributed by atoms with Crippen molar-refractivity contribution < 1.29 is 0 Å². The van der Waals surface area contributed by atoms with E-state index in [-0.39, 0.29) is 0 Å². The van der Waals surface area contributed by atoms with Gasteiger partial charge in [-0.1, -0.05) is 0 Å². The maximum absolute atomic E-state index is 5.57. The summed E-state index contributed by atoms with van der Waals surface area (Å²) in [6.07, 6.45) is 1.51. The van der Waals surface area contributed by atoms with Crippen LogP contribution < -0.4 is 3.94 Å². The van der Waals surface area contributed by atoms with Crippen molar-refractivity contribution >= 4 is 40.5 Å². The van der Waals surface area contributed by atoms with E-state index >= 15 is 0 Å². The van der Waals surface area contributed by atoms with Crippen molar-refractivity contribution in [3.8, 4) is 0 Å². The Labute approximate surface area is 83.9 Å². The number of anilines is 1. The summed E-state index contributed by atoms with van der Waals surface area (Å²) in [7, 11) is 0. The van der Waals surface area contributed by atoms with Crippen LogP contribution >= 0.6 is 23.6 Å². The monoisotopic (exact) mass is 217 g/mol. The summed E-state index contributed by atoms with van der Waals surface area (Å²) < 4.78 is 0.884. The SMILES string of the molecule is Cc1nc(N(Cl)Cl)c2[nH]cnc2n1. The molecule has 2 heterocycles. The number of hydrogen-bond donors (Lipinski definition) is 1. The van der Waals surface area contributed by atoms with Gasteiger partial charge in [-0.25, -0.2) is 15.0 Å². The number of imidazole rings is 1. The summed E-state index contributed by atoms with van der Waals surface area (Å²) in [5, 5.41) is 0. The van der Waals surface area contributed by atoms with Crippen LogP contribution in [0.3, 0.4) is 0 Å². The molecule has 0 saturated carbocycles. The van der Waals surface area contributed by atoms with Crippen LogP contribution in [0.25, 0.3) is 11.2 Å². The minimum Gasteiger partial charge on any atom is -0.340 e. The van der Waals surface area contributed by atoms with Crippen LogP contribution in [-0.2, 0) is 0 Å². The van der Waals surface area contributed by atoms with Gasteiger partial charge in [0.2, 0.25) is 0 Å². The first-order valence-corrected chi connectivity index (χ1v) is 4.15. The molecule has 0 spiro atoms. The van der Waals surface area contributed by atoms with Crippen molar-refractivity contribution in [3.63, 3.8) is 0 Å². The van der Waals surface area contributed by atoms with E-state index in [2.05, 4.69) is 19.9 Å². The highest BCUT2D eigenvalue weighted by Crippen LogP contribution is 2.23. The molecule has 0 aliphatic heterocycles. The Balaban J connectivity index is 2.77. The molecule has 2 aromatic heterocycles. The van der Waals surface area contributed by atoms with E-state index in [1.54, 1.807) is 6.92 Å². The van der Waals surface area contributed by atoms with E-state index in [1.807, 2.05) is 0 Å². The molecule has 0 aliphatic rings. The smallest absolute Gasteiger partial charge is 0.188 e. The molecule has 0 radical (unpaired) electrons. The second kappa shape index (κ2) is 3.01. The Kier molecular flexibility index (Phi) is 1.97. The summed E-state index contributed by atoms with van der Waals surface area (Å²) in [5.74, 6) is 0.976. The number of H-pyrrole nitrogens is 1. The third-order valence-corrected chi connectivity index (χ3v) is 1.86. The summed E-state index contributed by atoms with van der Waals surface area (Å²) in [6.45, 7) is 1.74. The first-order chi connectivity index (χ1) is 6.18. The average molecular weight is 218 g/mol. The molecule has 2 aromatic rings. The fourth-order valence-electron chi connectivity index (χ4n) is 1.05. The molecule has 1 N–H and O–H groups in total. The van der Waals surface area contributed by atoms with E-state index < -0.39 is 0 Å². The Bertz CT molecular complexity index is 438. The standard InChI is InChI=1S/C6H5Cl2N5/c1-3-11-5-4(9-2-10-5)6(12-3)13(7)8/h2H,1H3,(H,9,10,11,12). The van der Waals surface area contributed by atoms with E-state index in [0.717, 1.165) is 3.94 Å². The van der Waals surface area contributed by atoms with Crippen molar-refractivity contribution in [2.75, 3.05) is 3.94 Å². The molecule has 5 nitrogen and oxygen atoms in total. The third kappa shape index (κ3) is 1.40. The lowest BCUT2D eigenvalue weighted by Gasteiger charge is -2.05. The van der Waals surface area contributed by atoms with E-state index in [1.165, 1.54) is 6.33 Å². The molecule has 7 heteroatoms. The predicted molar refractivity (Wildman–Crippen MR) is 50.6 cm³/mol. The second-order valence-electron chi connectivity index (χ2n) is 2.43. The zero-order chi connectivity index (χ0) is 9.42. The van der Waals surface area contributed by atoms with E-state index in [9.17, 15) is 0 Å². The molecule has 0 atom stereocenters. The quantitative estimate of drug-likeness (QED) is 0.741. The minimum atomic E-state index is 0.406. The van der Waals surface area contributed by atoms with Crippen LogP contribution in [0.1, 0.15) is 5.82 Å². The van der Waals surface area contributed by atoms with Crippen LogP contribution in [0.5, 0.6) is 0 Å². The van der Waals surface area contributed by atoms with Gasteiger partial charge in [-0.3, -0.25) is 0 Å². The van der Waals surface area contributed by atoms with Crippen molar-refractivity contribution in [1.29, 1.82) is 0 Å². The van der Waals surface area contributed by atoms with E-state index in [0.29, 0.717) is 22.8 Å². The summed E-state index contributed by atoms with van der Waals surface area (Å²) >= 11 is 11.1. The number of nitrogens with one attached hydrogen (secondary N) is 1. The normalized spacial score (nSPS) is 10.7. The molecule has 2 rings (SSSR count). The molecule has 0 unspecified atom stereocenters. The third-order valence-electron chi connectivity index (χ3n) is 1.54. The van der Waals surface area contributed by atoms with Crippen molar-refractivity contribution in [2.45, 2.75) is 6.92 Å². The maximum Gasteiger partial charge on any atom is 0.188 e. The Morgan fingerprint density at radius 1 is 1.38 bits per heavy atom. The Hall–Kier alpha value is -1.07. The van der Waals surface area contributed by atoms with Crippen molar-refractivity contribution in [2.24, 2.45) is 0 Å². The first-order valence-electron chi connectivity index (χ1n) is 3.48. The van der Waals surface area contributed by atoms with Gasteiger partial charge in [0.1, 0.15) is 11.3 Å². The lowest BCUT2D eigenvalue weighted by atomic mass is 10.5. The van der Waals surface area contributed by atoms with Gasteiger partial charge in [-0.15, -0.1) is 0 Å². The van der Waals surface area contributed by atoms with Gasteiger partial charge >= 0.3 is 0 Å². The van der Waals surface area contributed by atoms with Gasteiger partial charge in [0, 0.05) is 23.6 Å². The van der Waals surface area contributed by atoms with E-state index in [4.69, 9.17) is 23.6 Å². The largest absolute Gasteiger partial charge is 0.340 e. The van der Waals surface area contributed by atoms with Crippen LogP contribution in [0.4, 0.5) is 5.82 Å². The second-order valence-corrected chi connectivity index (χ2v) is 3.28. The van der Waals surface area contributed by atoms with Gasteiger partial charge in [-0.2, -0.15) is 3.94 Å². The van der Waals surface area contributed by atoms with Crippen molar-refractivity contribution in [3.05, 3.63) is 12.2 Å². The summed E-state index contributed by atoms with van der Waals surface area (Å²) in [4.78, 5) is 15.0. The van der Waals surface area contributed by atoms with Gasteiger partial charge in [0.05, 0.1) is 6.33 Å². The molecule has 0 bridgehead atoms. The molecular formula is C6H5Cl2N5. The predicted octanol–water partition coefficient (Wildman–Crippen LogP) is 1.78. The number of halogens is 2. The highest BCUT2D eigenvalue weighted by molar-refractivity contribution is 6.49. The highest BCUT2D eigenvalue weighted by Gasteiger charge is 2.11. The fourth-order valence-corrected chi connectivity index (χ4v) is 1.29. The highest BCUT2D eigenvalue weighted by atomic mass is 35.5. The number of hydrogen-bond acceptors (Lipinski definition) is 4. The number of fused-ring (bicyclic) bond motifs is 1. The molecule has 68 valence electrons. The lowest BCUT2D eigenvalue weighted by molar-refractivity contribution is 1.08. The molecule has 13 heavy (non-hydrogen) atoms. The molecule has 0 saturated heterocycles. The van der Waals surface area contributed by atoms with Crippen LogP contribution in [-0.4, -0.2) is 19.9 Å². The fraction of sp³-hybridized carbons (Fsp3) is 0.167. The summed E-state index contributed by atoms with van der Waals surface area (Å²) in [5.41, 5.74) is 1.17. The number of aromatic nitrogens is 4. The maximum atomic E-state index is 5.57. The summed E-state index contributed by atoms with van der Waals surface area (Å²) in [6, 6.07) is 0. The van der Waals surface area contributed by atoms with Gasteiger partial charge in [-0.05, 0) is 6.92 Å². The van der Waals surface area contributed by atoms with Crippen LogP contribution in [0, 0.1) is 6.92 Å². The van der Waals surface area contributed by atoms with Crippen LogP contribution in [0.15, 0.2) is 6.33 Å². The van der Waals surface area contributed by atoms with Crippen molar-refractivity contribution in [1.82, 2.24) is 19.9 Å². The molecule has 0 aromatic carbocycles. The number of aromatic amines is 1.